The number of likely N-dealkylation sites (tertiary alicyclic amines) is 2. The molecule has 22 heavy (non-hydrogen) atoms. The van der Waals surface area contributed by atoms with Gasteiger partial charge < -0.3 is 15.1 Å². The third-order valence-electron chi connectivity index (χ3n) is 6.70. The monoisotopic (exact) mass is 305 g/mol. The highest BCUT2D eigenvalue weighted by molar-refractivity contribution is 5.74. The average molecular weight is 305 g/mol. The predicted molar refractivity (Wildman–Crippen MR) is 87.8 cm³/mol. The Morgan fingerprint density at radius 1 is 1.00 bits per heavy atom. The Labute approximate surface area is 134 Å². The van der Waals surface area contributed by atoms with Crippen LogP contribution in [0.25, 0.3) is 0 Å². The van der Waals surface area contributed by atoms with E-state index in [4.69, 9.17) is 0 Å². The van der Waals surface area contributed by atoms with Crippen LogP contribution in [0.3, 0.4) is 0 Å². The number of nitrogens with one attached hydrogen (secondary N) is 1. The number of carbonyl (C=O) groups excluding carboxylic acids is 1. The number of amides is 2. The third-order valence-corrected chi connectivity index (χ3v) is 6.70. The van der Waals surface area contributed by atoms with Crippen LogP contribution in [0.2, 0.25) is 0 Å². The lowest BCUT2D eigenvalue weighted by atomic mass is 9.77. The Kier molecular flexibility index (Phi) is 4.05. The molecule has 1 spiro atoms. The smallest absolute Gasteiger partial charge is 0.317 e. The SMILES string of the molecule is O=C(NCC1CCN(C2CC2)C1)N1CCC2(CCCC2)CC1. The van der Waals surface area contributed by atoms with Crippen LogP contribution in [0, 0.1) is 11.3 Å². The number of hydrogen-bond acceptors (Lipinski definition) is 2. The molecule has 4 fully saturated rings. The lowest BCUT2D eigenvalue weighted by Gasteiger charge is -2.39. The average Bonchev–Trinajstić information content (AvgIpc) is 3.12. The van der Waals surface area contributed by atoms with Crippen LogP contribution in [-0.4, -0.2) is 54.6 Å². The highest BCUT2D eigenvalue weighted by atomic mass is 16.2. The fraction of sp³-hybridized carbons (Fsp3) is 0.944. The summed E-state index contributed by atoms with van der Waals surface area (Å²) in [6.07, 6.45) is 12.2. The second-order valence-corrected chi connectivity index (χ2v) is 8.26. The van der Waals surface area contributed by atoms with Crippen LogP contribution >= 0.6 is 0 Å². The third kappa shape index (κ3) is 3.12. The van der Waals surface area contributed by atoms with Gasteiger partial charge in [0.25, 0.3) is 0 Å². The molecule has 1 atom stereocenters. The van der Waals surface area contributed by atoms with Gasteiger partial charge in [-0.1, -0.05) is 12.8 Å². The van der Waals surface area contributed by atoms with Crippen molar-refractivity contribution in [1.29, 1.82) is 0 Å². The summed E-state index contributed by atoms with van der Waals surface area (Å²) >= 11 is 0. The van der Waals surface area contributed by atoms with Crippen molar-refractivity contribution in [2.75, 3.05) is 32.7 Å². The minimum atomic E-state index is 0.192. The topological polar surface area (TPSA) is 35.6 Å². The molecule has 4 nitrogen and oxygen atoms in total. The Balaban J connectivity index is 1.18. The number of hydrogen-bond donors (Lipinski definition) is 1. The van der Waals surface area contributed by atoms with Crippen molar-refractivity contribution in [3.8, 4) is 0 Å². The summed E-state index contributed by atoms with van der Waals surface area (Å²) in [6.45, 7) is 5.28. The molecule has 4 aliphatic rings. The summed E-state index contributed by atoms with van der Waals surface area (Å²) in [5, 5.41) is 3.21. The van der Waals surface area contributed by atoms with E-state index in [0.29, 0.717) is 11.3 Å². The molecule has 2 saturated heterocycles. The van der Waals surface area contributed by atoms with Gasteiger partial charge in [0.15, 0.2) is 0 Å². The van der Waals surface area contributed by atoms with Crippen LogP contribution in [0.15, 0.2) is 0 Å². The molecule has 4 rings (SSSR count). The molecule has 2 aliphatic heterocycles. The maximum absolute atomic E-state index is 12.4. The van der Waals surface area contributed by atoms with Crippen LogP contribution in [-0.2, 0) is 0 Å². The first-order valence-electron chi connectivity index (χ1n) is 9.51. The summed E-state index contributed by atoms with van der Waals surface area (Å²) in [5.41, 5.74) is 0.604. The maximum Gasteiger partial charge on any atom is 0.317 e. The maximum atomic E-state index is 12.4. The van der Waals surface area contributed by atoms with E-state index in [1.807, 2.05) is 0 Å². The van der Waals surface area contributed by atoms with E-state index < -0.39 is 0 Å². The largest absolute Gasteiger partial charge is 0.338 e. The molecule has 0 aromatic carbocycles. The summed E-state index contributed by atoms with van der Waals surface area (Å²) in [7, 11) is 0. The molecule has 0 aromatic rings. The summed E-state index contributed by atoms with van der Waals surface area (Å²) < 4.78 is 0. The van der Waals surface area contributed by atoms with Crippen molar-refractivity contribution < 1.29 is 4.79 Å². The molecule has 1 unspecified atom stereocenters. The van der Waals surface area contributed by atoms with Crippen molar-refractivity contribution in [2.24, 2.45) is 11.3 Å². The highest BCUT2D eigenvalue weighted by Crippen LogP contribution is 2.46. The van der Waals surface area contributed by atoms with E-state index in [2.05, 4.69) is 15.1 Å². The minimum absolute atomic E-state index is 0.192. The van der Waals surface area contributed by atoms with Crippen LogP contribution in [0.1, 0.15) is 57.8 Å². The Morgan fingerprint density at radius 2 is 1.73 bits per heavy atom. The molecule has 0 aromatic heterocycles. The fourth-order valence-corrected chi connectivity index (χ4v) is 4.95. The van der Waals surface area contributed by atoms with Gasteiger partial charge in [0.1, 0.15) is 0 Å². The summed E-state index contributed by atoms with van der Waals surface area (Å²) in [6, 6.07) is 1.07. The van der Waals surface area contributed by atoms with Crippen molar-refractivity contribution in [2.45, 2.75) is 63.8 Å². The minimum Gasteiger partial charge on any atom is -0.338 e. The van der Waals surface area contributed by atoms with E-state index in [-0.39, 0.29) is 6.03 Å². The molecule has 1 N–H and O–H groups in total. The van der Waals surface area contributed by atoms with Crippen molar-refractivity contribution in [3.63, 3.8) is 0 Å². The summed E-state index contributed by atoms with van der Waals surface area (Å²) in [5.74, 6) is 0.676. The molecule has 2 saturated carbocycles. The molecule has 2 aliphatic carbocycles. The lowest BCUT2D eigenvalue weighted by molar-refractivity contribution is 0.120. The van der Waals surface area contributed by atoms with Gasteiger partial charge in [-0.2, -0.15) is 0 Å². The molecule has 2 amide bonds. The van der Waals surface area contributed by atoms with Gasteiger partial charge in [0.05, 0.1) is 0 Å². The van der Waals surface area contributed by atoms with Gasteiger partial charge in [-0.3, -0.25) is 0 Å². The Morgan fingerprint density at radius 3 is 2.41 bits per heavy atom. The number of nitrogens with zero attached hydrogens (tertiary/aromatic N) is 2. The van der Waals surface area contributed by atoms with Gasteiger partial charge in [-0.15, -0.1) is 0 Å². The second kappa shape index (κ2) is 6.03. The van der Waals surface area contributed by atoms with E-state index >= 15 is 0 Å². The molecular weight excluding hydrogens is 274 g/mol. The van der Waals surface area contributed by atoms with Crippen LogP contribution in [0.5, 0.6) is 0 Å². The Bertz CT molecular complexity index is 405. The van der Waals surface area contributed by atoms with E-state index in [0.717, 1.165) is 25.7 Å². The van der Waals surface area contributed by atoms with E-state index in [1.165, 1.54) is 70.9 Å². The van der Waals surface area contributed by atoms with Crippen LogP contribution < -0.4 is 5.32 Å². The normalized spacial score (nSPS) is 31.8. The van der Waals surface area contributed by atoms with Gasteiger partial charge in [0, 0.05) is 32.2 Å². The first kappa shape index (κ1) is 14.8. The number of carbonyl (C=O) groups is 1. The predicted octanol–water partition coefficient (Wildman–Crippen LogP) is 2.84. The van der Waals surface area contributed by atoms with Gasteiger partial charge >= 0.3 is 6.03 Å². The number of urea groups is 1. The standard InChI is InChI=1S/C18H31N3O/c22-17(19-13-15-5-10-21(14-15)16-3-4-16)20-11-8-18(9-12-20)6-1-2-7-18/h15-16H,1-14H2,(H,19,22). The molecular formula is C18H31N3O. The zero-order valence-corrected chi connectivity index (χ0v) is 13.9. The highest BCUT2D eigenvalue weighted by Gasteiger charge is 2.38. The van der Waals surface area contributed by atoms with Crippen molar-refractivity contribution in [1.82, 2.24) is 15.1 Å². The molecule has 0 radical (unpaired) electrons. The van der Waals surface area contributed by atoms with Crippen molar-refractivity contribution >= 4 is 6.03 Å². The first-order valence-corrected chi connectivity index (χ1v) is 9.51. The molecule has 2 heterocycles. The van der Waals surface area contributed by atoms with Crippen molar-refractivity contribution in [3.05, 3.63) is 0 Å². The number of rotatable bonds is 3. The van der Waals surface area contributed by atoms with Gasteiger partial charge in [-0.05, 0) is 62.8 Å². The molecule has 124 valence electrons. The lowest BCUT2D eigenvalue weighted by Crippen LogP contribution is -2.47. The van der Waals surface area contributed by atoms with Gasteiger partial charge in [-0.25, -0.2) is 4.79 Å². The van der Waals surface area contributed by atoms with Gasteiger partial charge in [0.2, 0.25) is 0 Å². The second-order valence-electron chi connectivity index (χ2n) is 8.26. The number of piperidine rings is 1. The quantitative estimate of drug-likeness (QED) is 0.870. The molecule has 4 heteroatoms. The van der Waals surface area contributed by atoms with E-state index in [1.54, 1.807) is 0 Å². The zero-order valence-electron chi connectivity index (χ0n) is 13.9. The fourth-order valence-electron chi connectivity index (χ4n) is 4.95. The first-order chi connectivity index (χ1) is 10.7. The Hall–Kier alpha value is -0.770. The summed E-state index contributed by atoms with van der Waals surface area (Å²) in [4.78, 5) is 17.1. The van der Waals surface area contributed by atoms with E-state index in [9.17, 15) is 4.79 Å². The van der Waals surface area contributed by atoms with Crippen LogP contribution in [0.4, 0.5) is 4.79 Å². The zero-order chi connectivity index (χ0) is 15.0. The molecule has 0 bridgehead atoms.